The lowest BCUT2D eigenvalue weighted by atomic mass is 9.72. The second kappa shape index (κ2) is 8.02. The Kier molecular flexibility index (Phi) is 6.36. The molecule has 1 atom stereocenters. The highest BCUT2D eigenvalue weighted by Crippen LogP contribution is 2.36. The van der Waals surface area contributed by atoms with E-state index in [4.69, 9.17) is 0 Å². The second-order valence-electron chi connectivity index (χ2n) is 9.86. The number of nitrogens with zero attached hydrogens (tertiary/aromatic N) is 1. The van der Waals surface area contributed by atoms with Crippen molar-refractivity contribution in [1.82, 2.24) is 0 Å². The monoisotopic (exact) mass is 369 g/mol. The van der Waals surface area contributed by atoms with Gasteiger partial charge in [0.15, 0.2) is 5.78 Å². The molecule has 1 unspecified atom stereocenters. The molecule has 2 aromatic carbocycles. The first kappa shape index (κ1) is 21.4. The van der Waals surface area contributed by atoms with Crippen molar-refractivity contribution in [2.24, 2.45) is 16.7 Å². The highest BCUT2D eigenvalue weighted by Gasteiger charge is 2.33. The molecule has 2 rings (SSSR count). The summed E-state index contributed by atoms with van der Waals surface area (Å²) in [5.74, 6) is 0.438. The molecule has 0 fully saturated rings. The molecular weight excluding hydrogens is 334 g/mol. The Morgan fingerprint density at radius 1 is 1.04 bits per heavy atom. The summed E-state index contributed by atoms with van der Waals surface area (Å²) in [6.45, 7) is 13.7. The van der Waals surface area contributed by atoms with Crippen molar-refractivity contribution in [1.29, 1.82) is 0 Å². The lowest BCUT2D eigenvalue weighted by Crippen LogP contribution is -2.29. The van der Waals surface area contributed by atoms with Crippen LogP contribution < -0.4 is 4.90 Å². The van der Waals surface area contributed by atoms with Crippen LogP contribution in [0.5, 0.6) is 0 Å². The van der Waals surface area contributed by atoms with Gasteiger partial charge in [-0.1, -0.05) is 59.7 Å². The molecule has 0 aromatic heterocycles. The number of anilines is 1. The molecule has 27 heavy (non-hydrogen) atoms. The molecule has 0 bridgehead atoms. The fourth-order valence-electron chi connectivity index (χ4n) is 4.04. The maximum Gasteiger partial charge on any atom is 0.168 e. The summed E-state index contributed by atoms with van der Waals surface area (Å²) < 4.78 is 0. The van der Waals surface area contributed by atoms with Gasteiger partial charge in [0.1, 0.15) is 0 Å². The van der Waals surface area contributed by atoms with Crippen LogP contribution in [-0.4, -0.2) is 31.1 Å². The van der Waals surface area contributed by atoms with Gasteiger partial charge in [0.05, 0.1) is 0 Å². The molecule has 3 nitrogen and oxygen atoms in total. The summed E-state index contributed by atoms with van der Waals surface area (Å²) >= 11 is 0. The summed E-state index contributed by atoms with van der Waals surface area (Å²) in [7, 11) is 2.04. The van der Waals surface area contributed by atoms with E-state index < -0.39 is 0 Å². The smallest absolute Gasteiger partial charge is 0.168 e. The van der Waals surface area contributed by atoms with Crippen molar-refractivity contribution in [3.63, 3.8) is 0 Å². The molecule has 2 aromatic rings. The molecular formula is C24H35NO2. The summed E-state index contributed by atoms with van der Waals surface area (Å²) in [6, 6.07) is 12.3. The fourth-order valence-corrected chi connectivity index (χ4v) is 4.04. The van der Waals surface area contributed by atoms with Gasteiger partial charge >= 0.3 is 0 Å². The molecule has 0 saturated heterocycles. The highest BCUT2D eigenvalue weighted by atomic mass is 16.3. The average molecular weight is 370 g/mol. The molecule has 0 aliphatic carbocycles. The summed E-state index contributed by atoms with van der Waals surface area (Å²) in [6.07, 6.45) is 0.851. The average Bonchev–Trinajstić information content (AvgIpc) is 2.57. The van der Waals surface area contributed by atoms with Gasteiger partial charge in [-0.25, -0.2) is 0 Å². The number of rotatable bonds is 7. The zero-order valence-corrected chi connectivity index (χ0v) is 18.0. The number of benzene rings is 2. The molecule has 0 radical (unpaired) electrons. The van der Waals surface area contributed by atoms with E-state index in [0.29, 0.717) is 0 Å². The SMILES string of the molecule is CC(CO)CN(C)c1ccc2cc(C(=O)C(C)(C)CC(C)(C)C)ccc2c1. The van der Waals surface area contributed by atoms with Crippen LogP contribution in [0.25, 0.3) is 10.8 Å². The molecule has 148 valence electrons. The third-order valence-electron chi connectivity index (χ3n) is 5.01. The minimum Gasteiger partial charge on any atom is -0.396 e. The quantitative estimate of drug-likeness (QED) is 0.651. The molecule has 0 heterocycles. The Morgan fingerprint density at radius 2 is 1.63 bits per heavy atom. The third-order valence-corrected chi connectivity index (χ3v) is 5.01. The second-order valence-corrected chi connectivity index (χ2v) is 9.86. The van der Waals surface area contributed by atoms with E-state index in [9.17, 15) is 9.90 Å². The van der Waals surface area contributed by atoms with Crippen LogP contribution in [0.4, 0.5) is 5.69 Å². The molecule has 0 aliphatic rings. The van der Waals surface area contributed by atoms with E-state index in [1.54, 1.807) is 0 Å². The number of fused-ring (bicyclic) bond motifs is 1. The Hall–Kier alpha value is -1.87. The van der Waals surface area contributed by atoms with Crippen molar-refractivity contribution in [2.45, 2.75) is 48.0 Å². The van der Waals surface area contributed by atoms with Gasteiger partial charge in [-0.3, -0.25) is 4.79 Å². The van der Waals surface area contributed by atoms with Gasteiger partial charge in [0, 0.05) is 36.9 Å². The van der Waals surface area contributed by atoms with E-state index in [2.05, 4.69) is 43.9 Å². The third kappa shape index (κ3) is 5.55. The molecule has 1 N–H and O–H groups in total. The lowest BCUT2D eigenvalue weighted by Gasteiger charge is -2.31. The number of carbonyl (C=O) groups excluding carboxylic acids is 1. The van der Waals surface area contributed by atoms with Gasteiger partial charge in [0.2, 0.25) is 0 Å². The summed E-state index contributed by atoms with van der Waals surface area (Å²) in [5.41, 5.74) is 1.63. The van der Waals surface area contributed by atoms with Crippen molar-refractivity contribution in [3.8, 4) is 0 Å². The van der Waals surface area contributed by atoms with Crippen molar-refractivity contribution < 1.29 is 9.90 Å². The van der Waals surface area contributed by atoms with Crippen LogP contribution >= 0.6 is 0 Å². The van der Waals surface area contributed by atoms with Gasteiger partial charge in [-0.2, -0.15) is 0 Å². The molecule has 0 amide bonds. The highest BCUT2D eigenvalue weighted by molar-refractivity contribution is 6.03. The summed E-state index contributed by atoms with van der Waals surface area (Å²) in [4.78, 5) is 15.2. The number of hydrogen-bond acceptors (Lipinski definition) is 3. The Labute approximate surface area is 164 Å². The Balaban J connectivity index is 2.28. The minimum absolute atomic E-state index is 0.112. The number of aliphatic hydroxyl groups is 1. The van der Waals surface area contributed by atoms with E-state index in [0.717, 1.165) is 35.0 Å². The van der Waals surface area contributed by atoms with Gasteiger partial charge < -0.3 is 10.0 Å². The van der Waals surface area contributed by atoms with Crippen molar-refractivity contribution in [3.05, 3.63) is 42.0 Å². The fraction of sp³-hybridized carbons (Fsp3) is 0.542. The van der Waals surface area contributed by atoms with Gasteiger partial charge in [-0.15, -0.1) is 0 Å². The topological polar surface area (TPSA) is 40.5 Å². The molecule has 0 aliphatic heterocycles. The van der Waals surface area contributed by atoms with Crippen LogP contribution in [-0.2, 0) is 0 Å². The predicted molar refractivity (Wildman–Crippen MR) is 116 cm³/mol. The zero-order valence-electron chi connectivity index (χ0n) is 18.0. The van der Waals surface area contributed by atoms with Crippen LogP contribution in [0.1, 0.15) is 58.3 Å². The number of aliphatic hydroxyl groups excluding tert-OH is 1. The number of hydrogen-bond donors (Lipinski definition) is 1. The van der Waals surface area contributed by atoms with Crippen molar-refractivity contribution in [2.75, 3.05) is 25.1 Å². The first-order valence-electron chi connectivity index (χ1n) is 9.83. The van der Waals surface area contributed by atoms with Crippen LogP contribution in [0.2, 0.25) is 0 Å². The first-order valence-corrected chi connectivity index (χ1v) is 9.83. The maximum absolute atomic E-state index is 13.1. The lowest BCUT2D eigenvalue weighted by molar-refractivity contribution is 0.0770. The van der Waals surface area contributed by atoms with Gasteiger partial charge in [0.25, 0.3) is 0 Å². The number of Topliss-reactive ketones (excluding diaryl/α,β-unsaturated/α-hetero) is 1. The largest absolute Gasteiger partial charge is 0.396 e. The predicted octanol–water partition coefficient (Wildman–Crippen LogP) is 5.55. The Bertz CT molecular complexity index is 802. The van der Waals surface area contributed by atoms with Gasteiger partial charge in [-0.05, 0) is 46.7 Å². The first-order chi connectivity index (χ1) is 12.4. The molecule has 0 saturated carbocycles. The van der Waals surface area contributed by atoms with Crippen LogP contribution in [0.15, 0.2) is 36.4 Å². The van der Waals surface area contributed by atoms with E-state index in [-0.39, 0.29) is 29.1 Å². The maximum atomic E-state index is 13.1. The van der Waals surface area contributed by atoms with E-state index >= 15 is 0 Å². The summed E-state index contributed by atoms with van der Waals surface area (Å²) in [5, 5.41) is 11.5. The Morgan fingerprint density at radius 3 is 2.22 bits per heavy atom. The zero-order chi connectivity index (χ0) is 20.4. The normalized spacial score (nSPS) is 13.6. The van der Waals surface area contributed by atoms with Crippen LogP contribution in [0, 0.1) is 16.7 Å². The van der Waals surface area contributed by atoms with Crippen molar-refractivity contribution >= 4 is 22.2 Å². The van der Waals surface area contributed by atoms with Crippen LogP contribution in [0.3, 0.4) is 0 Å². The molecule has 3 heteroatoms. The van der Waals surface area contributed by atoms with E-state index in [1.807, 2.05) is 46.0 Å². The minimum atomic E-state index is -0.382. The van der Waals surface area contributed by atoms with E-state index in [1.165, 1.54) is 0 Å². The standard InChI is InChI=1S/C24H35NO2/c1-17(15-26)14-25(7)21-11-10-18-12-20(9-8-19(18)13-21)22(27)24(5,6)16-23(2,3)4/h8-13,17,26H,14-16H2,1-7H3. The number of carbonyl (C=O) groups is 1. The molecule has 0 spiro atoms. The number of ketones is 1.